The summed E-state index contributed by atoms with van der Waals surface area (Å²) in [6, 6.07) is 0. The van der Waals surface area contributed by atoms with Gasteiger partial charge < -0.3 is 10.2 Å². The summed E-state index contributed by atoms with van der Waals surface area (Å²) in [4.78, 5) is 13.6. The highest BCUT2D eigenvalue weighted by Crippen LogP contribution is 2.34. The predicted molar refractivity (Wildman–Crippen MR) is 72.3 cm³/mol. The Hall–Kier alpha value is -0.780. The van der Waals surface area contributed by atoms with E-state index in [1.54, 1.807) is 4.90 Å². The van der Waals surface area contributed by atoms with Gasteiger partial charge in [0.15, 0.2) is 0 Å². The van der Waals surface area contributed by atoms with E-state index in [0.717, 1.165) is 19.3 Å². The van der Waals surface area contributed by atoms with Gasteiger partial charge in [-0.3, -0.25) is 4.79 Å². The first-order chi connectivity index (χ1) is 9.09. The molecule has 0 aromatic heterocycles. The fourth-order valence-corrected chi connectivity index (χ4v) is 2.63. The number of alkyl halides is 3. The number of nitrogens with zero attached hydrogens (tertiary/aromatic N) is 1. The minimum Gasteiger partial charge on any atom is -0.342 e. The van der Waals surface area contributed by atoms with Gasteiger partial charge in [-0.05, 0) is 30.6 Å². The van der Waals surface area contributed by atoms with Gasteiger partial charge >= 0.3 is 6.18 Å². The van der Waals surface area contributed by atoms with E-state index in [4.69, 9.17) is 0 Å². The van der Waals surface area contributed by atoms with Crippen LogP contribution in [0.25, 0.3) is 0 Å². The molecule has 1 aliphatic heterocycles. The highest BCUT2D eigenvalue weighted by molar-refractivity contribution is 5.78. The molecule has 0 bridgehead atoms. The number of carbonyl (C=O) groups is 1. The van der Waals surface area contributed by atoms with E-state index in [1.807, 2.05) is 0 Å². The molecule has 1 amide bonds. The molecule has 6 heteroatoms. The van der Waals surface area contributed by atoms with Gasteiger partial charge in [-0.1, -0.05) is 20.8 Å². The number of rotatable bonds is 3. The van der Waals surface area contributed by atoms with Crippen molar-refractivity contribution in [1.29, 1.82) is 0 Å². The van der Waals surface area contributed by atoms with E-state index in [-0.39, 0.29) is 17.9 Å². The number of carbonyl (C=O) groups excluding carboxylic acids is 1. The van der Waals surface area contributed by atoms with Gasteiger partial charge in [0.05, 0.1) is 13.1 Å². The van der Waals surface area contributed by atoms with Crippen LogP contribution < -0.4 is 5.32 Å². The summed E-state index contributed by atoms with van der Waals surface area (Å²) in [6.45, 7) is 6.53. The lowest BCUT2D eigenvalue weighted by atomic mass is 9.77. The lowest BCUT2D eigenvalue weighted by Gasteiger charge is -2.29. The van der Waals surface area contributed by atoms with Crippen molar-refractivity contribution in [2.24, 2.45) is 11.3 Å². The molecule has 1 rings (SSSR count). The van der Waals surface area contributed by atoms with Gasteiger partial charge in [-0.2, -0.15) is 13.2 Å². The number of hydrogen-bond acceptors (Lipinski definition) is 2. The molecule has 1 fully saturated rings. The normalized spacial score (nSPS) is 21.7. The van der Waals surface area contributed by atoms with Gasteiger partial charge in [0.1, 0.15) is 0 Å². The molecule has 0 aromatic carbocycles. The van der Waals surface area contributed by atoms with E-state index in [1.165, 1.54) is 0 Å². The Bertz CT molecular complexity index is 323. The summed E-state index contributed by atoms with van der Waals surface area (Å²) in [7, 11) is 0. The Morgan fingerprint density at radius 1 is 1.20 bits per heavy atom. The summed E-state index contributed by atoms with van der Waals surface area (Å²) in [5.74, 6) is 0.326. The molecule has 1 atom stereocenters. The van der Waals surface area contributed by atoms with Gasteiger partial charge in [0, 0.05) is 13.1 Å². The third kappa shape index (κ3) is 6.11. The number of hydrogen-bond donors (Lipinski definition) is 1. The average molecular weight is 294 g/mol. The SMILES string of the molecule is CC(C)(C)C1CCCN(C(=O)CNCC(F)(F)F)CC1. The first kappa shape index (κ1) is 17.3. The van der Waals surface area contributed by atoms with E-state index in [2.05, 4.69) is 26.1 Å². The first-order valence-corrected chi connectivity index (χ1v) is 7.15. The molecular formula is C14H25F3N2O. The van der Waals surface area contributed by atoms with Crippen molar-refractivity contribution in [2.75, 3.05) is 26.2 Å². The highest BCUT2D eigenvalue weighted by atomic mass is 19.4. The Balaban J connectivity index is 2.39. The standard InChI is InChI=1S/C14H25F3N2O/c1-13(2,3)11-5-4-7-19(8-6-11)12(20)9-18-10-14(15,16)17/h11,18H,4-10H2,1-3H3. The maximum atomic E-state index is 12.0. The van der Waals surface area contributed by atoms with Crippen LogP contribution in [0.5, 0.6) is 0 Å². The van der Waals surface area contributed by atoms with Crippen LogP contribution in [0.15, 0.2) is 0 Å². The van der Waals surface area contributed by atoms with Crippen LogP contribution in [-0.2, 0) is 4.79 Å². The summed E-state index contributed by atoms with van der Waals surface area (Å²) in [6.07, 6.45) is -1.35. The summed E-state index contributed by atoms with van der Waals surface area (Å²) < 4.78 is 36.0. The number of halogens is 3. The zero-order valence-corrected chi connectivity index (χ0v) is 12.5. The highest BCUT2D eigenvalue weighted by Gasteiger charge is 2.29. The molecule has 0 radical (unpaired) electrons. The van der Waals surface area contributed by atoms with Crippen molar-refractivity contribution >= 4 is 5.91 Å². The molecule has 1 N–H and O–H groups in total. The number of amides is 1. The fraction of sp³-hybridized carbons (Fsp3) is 0.929. The van der Waals surface area contributed by atoms with Crippen LogP contribution in [0.4, 0.5) is 13.2 Å². The molecule has 0 aromatic rings. The minimum absolute atomic E-state index is 0.216. The largest absolute Gasteiger partial charge is 0.401 e. The van der Waals surface area contributed by atoms with Gasteiger partial charge in [-0.25, -0.2) is 0 Å². The number of nitrogens with one attached hydrogen (secondary N) is 1. The lowest BCUT2D eigenvalue weighted by Crippen LogP contribution is -2.41. The molecular weight excluding hydrogens is 269 g/mol. The van der Waals surface area contributed by atoms with Gasteiger partial charge in [0.2, 0.25) is 5.91 Å². The maximum absolute atomic E-state index is 12.0. The lowest BCUT2D eigenvalue weighted by molar-refractivity contribution is -0.134. The van der Waals surface area contributed by atoms with E-state index >= 15 is 0 Å². The fourth-order valence-electron chi connectivity index (χ4n) is 2.63. The zero-order chi connectivity index (χ0) is 15.4. The molecule has 20 heavy (non-hydrogen) atoms. The molecule has 1 heterocycles. The first-order valence-electron chi connectivity index (χ1n) is 7.15. The van der Waals surface area contributed by atoms with Crippen molar-refractivity contribution in [2.45, 2.75) is 46.2 Å². The van der Waals surface area contributed by atoms with Crippen molar-refractivity contribution in [1.82, 2.24) is 10.2 Å². The van der Waals surface area contributed by atoms with Crippen molar-refractivity contribution in [3.63, 3.8) is 0 Å². The van der Waals surface area contributed by atoms with Crippen molar-refractivity contribution < 1.29 is 18.0 Å². The average Bonchev–Trinajstić information content (AvgIpc) is 2.51. The Morgan fingerprint density at radius 3 is 2.40 bits per heavy atom. The van der Waals surface area contributed by atoms with Crippen LogP contribution in [0, 0.1) is 11.3 Å². The minimum atomic E-state index is -4.27. The number of likely N-dealkylation sites (tertiary alicyclic amines) is 1. The Morgan fingerprint density at radius 2 is 1.85 bits per heavy atom. The molecule has 1 saturated heterocycles. The second kappa shape index (κ2) is 6.78. The second-order valence-electron chi connectivity index (χ2n) is 6.59. The van der Waals surface area contributed by atoms with E-state index in [0.29, 0.717) is 19.0 Å². The second-order valence-corrected chi connectivity index (χ2v) is 6.59. The maximum Gasteiger partial charge on any atom is 0.401 e. The van der Waals surface area contributed by atoms with E-state index < -0.39 is 12.7 Å². The predicted octanol–water partition coefficient (Wildman–Crippen LogP) is 2.81. The Labute approximate surface area is 118 Å². The molecule has 1 unspecified atom stereocenters. The molecule has 0 saturated carbocycles. The van der Waals surface area contributed by atoms with Crippen LogP contribution >= 0.6 is 0 Å². The smallest absolute Gasteiger partial charge is 0.342 e. The molecule has 1 aliphatic rings. The van der Waals surface area contributed by atoms with Crippen molar-refractivity contribution in [3.05, 3.63) is 0 Å². The summed E-state index contributed by atoms with van der Waals surface area (Å²) >= 11 is 0. The monoisotopic (exact) mass is 294 g/mol. The van der Waals surface area contributed by atoms with Crippen LogP contribution in [0.2, 0.25) is 0 Å². The summed E-state index contributed by atoms with van der Waals surface area (Å²) in [5.41, 5.74) is 0.216. The van der Waals surface area contributed by atoms with Gasteiger partial charge in [0.25, 0.3) is 0 Å². The van der Waals surface area contributed by atoms with Crippen LogP contribution in [-0.4, -0.2) is 43.2 Å². The van der Waals surface area contributed by atoms with Crippen LogP contribution in [0.3, 0.4) is 0 Å². The zero-order valence-electron chi connectivity index (χ0n) is 12.5. The van der Waals surface area contributed by atoms with Crippen molar-refractivity contribution in [3.8, 4) is 0 Å². The molecule has 3 nitrogen and oxygen atoms in total. The van der Waals surface area contributed by atoms with Gasteiger partial charge in [-0.15, -0.1) is 0 Å². The quantitative estimate of drug-likeness (QED) is 0.868. The Kier molecular flexibility index (Phi) is 5.86. The topological polar surface area (TPSA) is 32.3 Å². The molecule has 0 aliphatic carbocycles. The summed E-state index contributed by atoms with van der Waals surface area (Å²) in [5, 5.41) is 2.17. The third-order valence-electron chi connectivity index (χ3n) is 3.91. The van der Waals surface area contributed by atoms with Crippen LogP contribution in [0.1, 0.15) is 40.0 Å². The third-order valence-corrected chi connectivity index (χ3v) is 3.91. The molecule has 0 spiro atoms. The van der Waals surface area contributed by atoms with E-state index in [9.17, 15) is 18.0 Å². The molecule has 118 valence electrons.